The van der Waals surface area contributed by atoms with Gasteiger partial charge in [-0.3, -0.25) is 14.6 Å². The highest BCUT2D eigenvalue weighted by Crippen LogP contribution is 2.54. The van der Waals surface area contributed by atoms with E-state index in [-0.39, 0.29) is 30.4 Å². The van der Waals surface area contributed by atoms with E-state index in [9.17, 15) is 14.7 Å². The number of aromatic nitrogens is 1. The van der Waals surface area contributed by atoms with E-state index in [1.54, 1.807) is 29.4 Å². The molecule has 2 aliphatic heterocycles. The Hall–Kier alpha value is -2.73. The van der Waals surface area contributed by atoms with Gasteiger partial charge in [0.2, 0.25) is 5.91 Å². The highest BCUT2D eigenvalue weighted by Gasteiger charge is 2.68. The maximum Gasteiger partial charge on any atom is 0.254 e. The van der Waals surface area contributed by atoms with Gasteiger partial charge in [-0.05, 0) is 36.5 Å². The van der Waals surface area contributed by atoms with Gasteiger partial charge in [0, 0.05) is 43.4 Å². The quantitative estimate of drug-likeness (QED) is 0.847. The number of pyridine rings is 1. The first-order valence-electron chi connectivity index (χ1n) is 10.3. The molecule has 0 radical (unpaired) electrons. The van der Waals surface area contributed by atoms with E-state index in [0.717, 1.165) is 18.4 Å². The van der Waals surface area contributed by atoms with Crippen molar-refractivity contribution >= 4 is 11.8 Å². The molecule has 0 bridgehead atoms. The number of amides is 2. The normalized spacial score (nSPS) is 24.7. The summed E-state index contributed by atoms with van der Waals surface area (Å²) in [7, 11) is 0. The molecule has 3 fully saturated rings. The molecule has 1 aromatic carbocycles. The van der Waals surface area contributed by atoms with Gasteiger partial charge < -0.3 is 14.9 Å². The summed E-state index contributed by atoms with van der Waals surface area (Å²) in [5.74, 6) is 0.615. The summed E-state index contributed by atoms with van der Waals surface area (Å²) < 4.78 is 0. The van der Waals surface area contributed by atoms with Crippen molar-refractivity contribution < 1.29 is 14.7 Å². The Kier molecular flexibility index (Phi) is 4.39. The van der Waals surface area contributed by atoms with Crippen LogP contribution in [0.25, 0.3) is 0 Å². The minimum atomic E-state index is -0.413. The zero-order chi connectivity index (χ0) is 20.0. The van der Waals surface area contributed by atoms with Crippen LogP contribution in [0.4, 0.5) is 0 Å². The standard InChI is InChI=1S/C23H25N3O3/c27-13-19-21(17-4-2-1-3-5-17)23(26(19)20(28)12-16-6-7-16)14-25(15-23)22(29)18-8-10-24-11-9-18/h1-5,8-11,16,19,21,27H,6-7,12-15H2/t19-,21-/m1/s1. The fourth-order valence-corrected chi connectivity index (χ4v) is 5.17. The Labute approximate surface area is 170 Å². The zero-order valence-electron chi connectivity index (χ0n) is 16.3. The second-order valence-corrected chi connectivity index (χ2v) is 8.55. The molecule has 3 aliphatic rings. The smallest absolute Gasteiger partial charge is 0.254 e. The molecule has 6 nitrogen and oxygen atoms in total. The van der Waals surface area contributed by atoms with E-state index in [4.69, 9.17) is 0 Å². The maximum atomic E-state index is 13.1. The first kappa shape index (κ1) is 18.3. The Bertz CT molecular complexity index is 907. The van der Waals surface area contributed by atoms with Gasteiger partial charge in [-0.2, -0.15) is 0 Å². The van der Waals surface area contributed by atoms with E-state index >= 15 is 0 Å². The highest BCUT2D eigenvalue weighted by atomic mass is 16.3. The van der Waals surface area contributed by atoms with Gasteiger partial charge in [0.05, 0.1) is 18.2 Å². The van der Waals surface area contributed by atoms with Crippen LogP contribution in [-0.4, -0.2) is 63.0 Å². The zero-order valence-corrected chi connectivity index (χ0v) is 16.3. The molecule has 1 aliphatic carbocycles. The molecule has 150 valence electrons. The van der Waals surface area contributed by atoms with Crippen LogP contribution in [0.15, 0.2) is 54.9 Å². The van der Waals surface area contributed by atoms with Gasteiger partial charge in [-0.15, -0.1) is 0 Å². The van der Waals surface area contributed by atoms with Crippen LogP contribution in [-0.2, 0) is 4.79 Å². The van der Waals surface area contributed by atoms with Crippen LogP contribution < -0.4 is 0 Å². The van der Waals surface area contributed by atoms with Crippen LogP contribution in [0, 0.1) is 5.92 Å². The van der Waals surface area contributed by atoms with Crippen LogP contribution in [0.1, 0.15) is 41.1 Å². The van der Waals surface area contributed by atoms with Crippen LogP contribution in [0.3, 0.4) is 0 Å². The number of carbonyl (C=O) groups excluding carboxylic acids is 2. The third-order valence-corrected chi connectivity index (χ3v) is 6.69. The van der Waals surface area contributed by atoms with Crippen molar-refractivity contribution in [3.8, 4) is 0 Å². The van der Waals surface area contributed by atoms with Gasteiger partial charge in [-0.1, -0.05) is 30.3 Å². The molecule has 1 spiro atoms. The summed E-state index contributed by atoms with van der Waals surface area (Å²) in [6.45, 7) is 0.942. The predicted molar refractivity (Wildman–Crippen MR) is 107 cm³/mol. The number of aliphatic hydroxyl groups excluding tert-OH is 1. The fourth-order valence-electron chi connectivity index (χ4n) is 5.17. The van der Waals surface area contributed by atoms with Crippen molar-refractivity contribution in [3.05, 3.63) is 66.0 Å². The van der Waals surface area contributed by atoms with Crippen molar-refractivity contribution in [1.82, 2.24) is 14.8 Å². The molecular formula is C23H25N3O3. The molecule has 1 saturated carbocycles. The maximum absolute atomic E-state index is 13.1. The number of benzene rings is 1. The van der Waals surface area contributed by atoms with Gasteiger partial charge in [0.1, 0.15) is 0 Å². The second kappa shape index (κ2) is 6.95. The van der Waals surface area contributed by atoms with Gasteiger partial charge >= 0.3 is 0 Å². The summed E-state index contributed by atoms with van der Waals surface area (Å²) in [6.07, 6.45) is 6.02. The third kappa shape index (κ3) is 2.94. The molecule has 6 heteroatoms. The molecule has 5 rings (SSSR count). The van der Waals surface area contributed by atoms with E-state index in [2.05, 4.69) is 17.1 Å². The number of carbonyl (C=O) groups is 2. The number of nitrogens with zero attached hydrogens (tertiary/aromatic N) is 3. The molecule has 0 unspecified atom stereocenters. The lowest BCUT2D eigenvalue weighted by Crippen LogP contribution is -2.86. The van der Waals surface area contributed by atoms with Crippen LogP contribution in [0.2, 0.25) is 0 Å². The number of hydrogen-bond donors (Lipinski definition) is 1. The van der Waals surface area contributed by atoms with Gasteiger partial charge in [0.25, 0.3) is 5.91 Å². The Morgan fingerprint density at radius 2 is 1.76 bits per heavy atom. The molecule has 2 saturated heterocycles. The average molecular weight is 391 g/mol. The van der Waals surface area contributed by atoms with E-state index in [1.165, 1.54) is 0 Å². The minimum Gasteiger partial charge on any atom is -0.394 e. The molecule has 3 heterocycles. The summed E-state index contributed by atoms with van der Waals surface area (Å²) in [6, 6.07) is 13.3. The number of hydrogen-bond acceptors (Lipinski definition) is 4. The van der Waals surface area contributed by atoms with Crippen LogP contribution >= 0.6 is 0 Å². The molecular weight excluding hydrogens is 366 g/mol. The van der Waals surface area contributed by atoms with Crippen molar-refractivity contribution in [3.63, 3.8) is 0 Å². The Morgan fingerprint density at radius 1 is 1.07 bits per heavy atom. The molecule has 29 heavy (non-hydrogen) atoms. The lowest BCUT2D eigenvalue weighted by molar-refractivity contribution is -0.193. The van der Waals surface area contributed by atoms with Crippen molar-refractivity contribution in [2.75, 3.05) is 19.7 Å². The average Bonchev–Trinajstić information content (AvgIpc) is 3.51. The Balaban J connectivity index is 1.42. The summed E-state index contributed by atoms with van der Waals surface area (Å²) >= 11 is 0. The first-order valence-corrected chi connectivity index (χ1v) is 10.3. The second-order valence-electron chi connectivity index (χ2n) is 8.55. The van der Waals surface area contributed by atoms with Crippen molar-refractivity contribution in [1.29, 1.82) is 0 Å². The lowest BCUT2D eigenvalue weighted by atomic mass is 9.60. The summed E-state index contributed by atoms with van der Waals surface area (Å²) in [5, 5.41) is 10.1. The SMILES string of the molecule is O=C(c1ccncc1)N1CC2(C1)[C@H](c1ccccc1)[C@@H](CO)N2C(=O)CC1CC1. The molecule has 1 aromatic heterocycles. The number of rotatable bonds is 5. The van der Waals surface area contributed by atoms with Crippen molar-refractivity contribution in [2.24, 2.45) is 5.92 Å². The highest BCUT2D eigenvalue weighted by molar-refractivity contribution is 5.95. The molecule has 2 amide bonds. The summed E-state index contributed by atoms with van der Waals surface area (Å²) in [5.41, 5.74) is 1.32. The first-order chi connectivity index (χ1) is 14.1. The topological polar surface area (TPSA) is 73.7 Å². The molecule has 2 aromatic rings. The molecule has 2 atom stereocenters. The number of likely N-dealkylation sites (tertiary alicyclic amines) is 2. The largest absolute Gasteiger partial charge is 0.394 e. The summed E-state index contributed by atoms with van der Waals surface area (Å²) in [4.78, 5) is 33.6. The van der Waals surface area contributed by atoms with Crippen molar-refractivity contribution in [2.45, 2.75) is 36.8 Å². The minimum absolute atomic E-state index is 0.0353. The third-order valence-electron chi connectivity index (χ3n) is 6.69. The van der Waals surface area contributed by atoms with Crippen LogP contribution in [0.5, 0.6) is 0 Å². The number of aliphatic hydroxyl groups is 1. The van der Waals surface area contributed by atoms with E-state index in [0.29, 0.717) is 31.0 Å². The lowest BCUT2D eigenvalue weighted by Gasteiger charge is -2.70. The fraction of sp³-hybridized carbons (Fsp3) is 0.435. The predicted octanol–water partition coefficient (Wildman–Crippen LogP) is 2.06. The Morgan fingerprint density at radius 3 is 2.38 bits per heavy atom. The van der Waals surface area contributed by atoms with E-state index < -0.39 is 5.54 Å². The van der Waals surface area contributed by atoms with Gasteiger partial charge in [-0.25, -0.2) is 0 Å². The molecule has 1 N–H and O–H groups in total. The van der Waals surface area contributed by atoms with Gasteiger partial charge in [0.15, 0.2) is 0 Å². The monoisotopic (exact) mass is 391 g/mol. The van der Waals surface area contributed by atoms with E-state index in [1.807, 2.05) is 23.1 Å².